The van der Waals surface area contributed by atoms with Crippen LogP contribution in [0.2, 0.25) is 0 Å². The Labute approximate surface area is 120 Å². The molecular formula is H2CoFePrSr. The second kappa shape index (κ2) is 15.8. The van der Waals surface area contributed by atoms with Crippen LogP contribution in [0.3, 0.4) is 0 Å². The van der Waals surface area contributed by atoms with E-state index in [9.17, 15) is 0 Å². The Kier molecular flexibility index (Phi) is 98.0. The van der Waals surface area contributed by atoms with Crippen molar-refractivity contribution in [1.29, 1.82) is 0 Å². The molecule has 0 aliphatic rings. The van der Waals surface area contributed by atoms with E-state index in [4.69, 9.17) is 0 Å². The molecular weight excluding hydrogens is 343 g/mol. The first kappa shape index (κ1) is 24.8. The Bertz CT molecular complexity index is 13.5. The third kappa shape index (κ3) is 9.30. The van der Waals surface area contributed by atoms with Crippen LogP contribution in [0.4, 0.5) is 0 Å². The first-order valence-corrected chi connectivity index (χ1v) is 0. The standard InChI is InChI=1S/Co.Fe.Pr.Sr.2H/q;;;+2;2*-1. The van der Waals surface area contributed by atoms with Gasteiger partial charge < -0.3 is 2.85 Å². The third-order valence-corrected chi connectivity index (χ3v) is 0. The maximum absolute atomic E-state index is 0. The quantitative estimate of drug-likeness (QED) is 0.536. The maximum Gasteiger partial charge on any atom is 2.00 e. The van der Waals surface area contributed by atoms with Crippen LogP contribution in [0.1, 0.15) is 2.85 Å². The van der Waals surface area contributed by atoms with E-state index in [0.717, 1.165) is 0 Å². The minimum absolute atomic E-state index is 0. The molecule has 0 aromatic rings. The zero-order valence-electron chi connectivity index (χ0n) is 3.97. The molecule has 0 aliphatic carbocycles. The molecule has 4 heavy (non-hydrogen) atoms. The van der Waals surface area contributed by atoms with Crippen molar-refractivity contribution in [3.05, 3.63) is 0 Å². The van der Waals surface area contributed by atoms with Crippen LogP contribution < -0.4 is 0 Å². The van der Waals surface area contributed by atoms with E-state index in [1.807, 2.05) is 0 Å². The fourth-order valence-corrected chi connectivity index (χ4v) is 0. The monoisotopic (exact) mass is 346 g/mol. The molecule has 0 fully saturated rings. The van der Waals surface area contributed by atoms with Gasteiger partial charge in [0.25, 0.3) is 0 Å². The predicted molar refractivity (Wildman–Crippen MR) is 7.98 cm³/mol. The van der Waals surface area contributed by atoms with Gasteiger partial charge in [-0.1, -0.05) is 0 Å². The molecule has 0 nitrogen and oxygen atoms in total. The van der Waals surface area contributed by atoms with Crippen LogP contribution in [0.25, 0.3) is 0 Å². The van der Waals surface area contributed by atoms with E-state index < -0.39 is 0 Å². The van der Waals surface area contributed by atoms with Crippen molar-refractivity contribution in [3.8, 4) is 0 Å². The van der Waals surface area contributed by atoms with Gasteiger partial charge in [0.1, 0.15) is 0 Å². The maximum atomic E-state index is 0. The molecule has 0 saturated carbocycles. The van der Waals surface area contributed by atoms with Crippen molar-refractivity contribution < 1.29 is 78.0 Å². The average molecular weight is 345 g/mol. The summed E-state index contributed by atoms with van der Waals surface area (Å²) in [6.45, 7) is 0. The number of hydrogen-bond donors (Lipinski definition) is 0. The van der Waals surface area contributed by atoms with Crippen LogP contribution in [0.15, 0.2) is 0 Å². The van der Waals surface area contributed by atoms with E-state index in [1.165, 1.54) is 0 Å². The second-order valence-corrected chi connectivity index (χ2v) is 0. The van der Waals surface area contributed by atoms with Crippen molar-refractivity contribution >= 4 is 45.5 Å². The van der Waals surface area contributed by atoms with Gasteiger partial charge in [-0.05, 0) is 0 Å². The molecule has 0 saturated heterocycles. The first-order valence-electron chi connectivity index (χ1n) is 0. The summed E-state index contributed by atoms with van der Waals surface area (Å²) in [4.78, 5) is 0. The Hall–Kier alpha value is 3.87. The first-order chi connectivity index (χ1) is 0. The summed E-state index contributed by atoms with van der Waals surface area (Å²) in [5.41, 5.74) is 0. The van der Waals surface area contributed by atoms with Crippen molar-refractivity contribution in [2.75, 3.05) is 0 Å². The zero-order valence-corrected chi connectivity index (χ0v) is 11.3. The van der Waals surface area contributed by atoms with E-state index >= 15 is 0 Å². The van der Waals surface area contributed by atoms with Gasteiger partial charge in [-0.25, -0.2) is 0 Å². The van der Waals surface area contributed by atoms with Crippen molar-refractivity contribution in [1.82, 2.24) is 0 Å². The Balaban J connectivity index is 0. The van der Waals surface area contributed by atoms with E-state index in [1.54, 1.807) is 0 Å². The summed E-state index contributed by atoms with van der Waals surface area (Å²) in [6, 6.07) is 0. The molecule has 4 heteroatoms. The van der Waals surface area contributed by atoms with Gasteiger partial charge >= 0.3 is 45.5 Å². The van der Waals surface area contributed by atoms with Gasteiger partial charge in [-0.15, -0.1) is 0 Å². The molecule has 0 rings (SSSR count). The molecule has 0 aromatic carbocycles. The van der Waals surface area contributed by atoms with Crippen molar-refractivity contribution in [2.45, 2.75) is 0 Å². The SMILES string of the molecule is [Co].[Fe].[H-].[H-].[Pr].[Sr+2]. The Morgan fingerprint density at radius 2 is 1.25 bits per heavy atom. The van der Waals surface area contributed by atoms with E-state index in [0.29, 0.717) is 0 Å². The van der Waals surface area contributed by atoms with Crippen molar-refractivity contribution in [3.63, 3.8) is 0 Å². The van der Waals surface area contributed by atoms with Gasteiger partial charge in [0.2, 0.25) is 0 Å². The fraction of sp³-hybridized carbons (Fsp3) is 0. The summed E-state index contributed by atoms with van der Waals surface area (Å²) in [5, 5.41) is 0. The molecule has 0 heterocycles. The summed E-state index contributed by atoms with van der Waals surface area (Å²) >= 11 is 0. The molecule has 2 radical (unpaired) electrons. The number of hydrogen-bond acceptors (Lipinski definition) is 0. The van der Waals surface area contributed by atoms with Gasteiger partial charge in [0.05, 0.1) is 0 Å². The summed E-state index contributed by atoms with van der Waals surface area (Å²) in [7, 11) is 0. The van der Waals surface area contributed by atoms with Gasteiger partial charge in [0.15, 0.2) is 0 Å². The topological polar surface area (TPSA) is 0 Å². The summed E-state index contributed by atoms with van der Waals surface area (Å²) < 4.78 is 0. The molecule has 0 amide bonds. The van der Waals surface area contributed by atoms with Crippen LogP contribution in [-0.2, 0) is 33.8 Å². The predicted octanol–water partition coefficient (Wildman–Crippen LogP) is -0.161. The molecule has 0 bridgehead atoms. The summed E-state index contributed by atoms with van der Waals surface area (Å²) in [6.07, 6.45) is 0. The van der Waals surface area contributed by atoms with Crippen LogP contribution in [0, 0.1) is 41.3 Å². The zero-order chi connectivity index (χ0) is 0. The van der Waals surface area contributed by atoms with Crippen LogP contribution >= 0.6 is 0 Å². The molecule has 0 spiro atoms. The number of rotatable bonds is 0. The minimum Gasteiger partial charge on any atom is -1.00 e. The fourth-order valence-electron chi connectivity index (χ4n) is 0. The summed E-state index contributed by atoms with van der Waals surface area (Å²) in [5.74, 6) is 0. The van der Waals surface area contributed by atoms with Gasteiger partial charge in [-0.3, -0.25) is 0 Å². The van der Waals surface area contributed by atoms with Gasteiger partial charge in [0, 0.05) is 75.1 Å². The van der Waals surface area contributed by atoms with Gasteiger partial charge in [-0.2, -0.15) is 0 Å². The normalized spacial score (nSPS) is 0. The molecule has 0 aliphatic heterocycles. The Morgan fingerprint density at radius 1 is 1.25 bits per heavy atom. The molecule has 0 aromatic heterocycles. The van der Waals surface area contributed by atoms with Crippen molar-refractivity contribution in [2.24, 2.45) is 0 Å². The Morgan fingerprint density at radius 3 is 1.25 bits per heavy atom. The largest absolute Gasteiger partial charge is 2.00 e. The van der Waals surface area contributed by atoms with E-state index in [-0.39, 0.29) is 123 Å². The van der Waals surface area contributed by atoms with Crippen LogP contribution in [0.5, 0.6) is 0 Å². The average Bonchev–Trinajstić information content (AvgIpc) is 0. The smallest absolute Gasteiger partial charge is 1.00 e. The third-order valence-electron chi connectivity index (χ3n) is 0. The molecule has 0 N–H and O–H groups in total. The van der Waals surface area contributed by atoms with E-state index in [2.05, 4.69) is 0 Å². The van der Waals surface area contributed by atoms with Crippen LogP contribution in [-0.4, -0.2) is 45.5 Å². The molecule has 0 unspecified atom stereocenters. The second-order valence-electron chi connectivity index (χ2n) is 0. The molecule has 24 valence electrons. The minimum atomic E-state index is 0. The molecule has 0 atom stereocenters.